The highest BCUT2D eigenvalue weighted by Crippen LogP contribution is 2.20. The van der Waals surface area contributed by atoms with Crippen LogP contribution in [0.5, 0.6) is 0 Å². The summed E-state index contributed by atoms with van der Waals surface area (Å²) < 4.78 is 10.2. The summed E-state index contributed by atoms with van der Waals surface area (Å²) in [6.45, 7) is 2.72. The van der Waals surface area contributed by atoms with E-state index in [1.165, 1.54) is 0 Å². The summed E-state index contributed by atoms with van der Waals surface area (Å²) in [5, 5.41) is 0. The van der Waals surface area contributed by atoms with Crippen LogP contribution < -0.4 is 0 Å². The first-order valence-electron chi connectivity index (χ1n) is 5.58. The number of ether oxygens (including phenoxy) is 2. The molecule has 1 saturated heterocycles. The Balaban J connectivity index is 1.67. The smallest absolute Gasteiger partial charge is 0.314 e. The molecule has 1 aromatic carbocycles. The average Bonchev–Trinajstić information content (AvgIpc) is 2.38. The lowest BCUT2D eigenvalue weighted by atomic mass is 10.0. The van der Waals surface area contributed by atoms with Gasteiger partial charge in [-0.1, -0.05) is 42.2 Å². The minimum atomic E-state index is -0.247. The molecule has 0 saturated carbocycles. The number of carbonyl (C=O) groups is 1. The van der Waals surface area contributed by atoms with Crippen molar-refractivity contribution in [1.82, 2.24) is 0 Å². The number of esters is 1. The summed E-state index contributed by atoms with van der Waals surface area (Å²) in [4.78, 5) is 10.8. The first kappa shape index (κ1) is 11.7. The predicted octanol–water partition coefficient (Wildman–Crippen LogP) is 1.77. The van der Waals surface area contributed by atoms with Gasteiger partial charge in [0.15, 0.2) is 6.10 Å². The summed E-state index contributed by atoms with van der Waals surface area (Å²) in [5.41, 5.74) is 1.12. The summed E-state index contributed by atoms with van der Waals surface area (Å²) in [7, 11) is 0. The maximum atomic E-state index is 10.8. The van der Waals surface area contributed by atoms with Crippen LogP contribution in [0.2, 0.25) is 0 Å². The maximum absolute atomic E-state index is 10.8. The van der Waals surface area contributed by atoms with E-state index >= 15 is 0 Å². The van der Waals surface area contributed by atoms with Crippen LogP contribution in [-0.2, 0) is 20.9 Å². The van der Waals surface area contributed by atoms with Crippen LogP contribution in [0.4, 0.5) is 0 Å². The molecule has 2 atom stereocenters. The highest BCUT2D eigenvalue weighted by molar-refractivity contribution is 5.79. The molecule has 2 rings (SSSR count). The lowest BCUT2D eigenvalue weighted by Gasteiger charge is -2.27. The lowest BCUT2D eigenvalue weighted by molar-refractivity contribution is -0.175. The fraction of sp³-hybridized carbons (Fsp3) is 0.357. The van der Waals surface area contributed by atoms with Crippen molar-refractivity contribution in [2.45, 2.75) is 19.6 Å². The molecule has 0 unspecified atom stereocenters. The van der Waals surface area contributed by atoms with Gasteiger partial charge < -0.3 is 9.47 Å². The van der Waals surface area contributed by atoms with Crippen LogP contribution in [0.15, 0.2) is 30.3 Å². The van der Waals surface area contributed by atoms with Crippen molar-refractivity contribution in [2.24, 2.45) is 5.92 Å². The number of carbonyl (C=O) groups excluding carboxylic acids is 1. The second kappa shape index (κ2) is 5.51. The summed E-state index contributed by atoms with van der Waals surface area (Å²) in [6, 6.07) is 9.92. The van der Waals surface area contributed by atoms with Crippen molar-refractivity contribution in [3.63, 3.8) is 0 Å². The van der Waals surface area contributed by atoms with Gasteiger partial charge in [-0.05, 0) is 12.5 Å². The molecule has 1 aliphatic heterocycles. The number of cyclic esters (lactones) is 1. The standard InChI is InChI=1S/C14H14O3/c1-11-13(17-14(11)15)8-5-9-16-10-12-6-3-2-4-7-12/h2-4,6-7,11,13H,9-10H2,1H3/t11-,13+/m1/s1. The Morgan fingerprint density at radius 3 is 2.76 bits per heavy atom. The van der Waals surface area contributed by atoms with Gasteiger partial charge in [0.25, 0.3) is 0 Å². The first-order valence-corrected chi connectivity index (χ1v) is 5.58. The Hall–Kier alpha value is -1.79. The first-order chi connectivity index (χ1) is 8.27. The second-order valence-electron chi connectivity index (χ2n) is 3.95. The van der Waals surface area contributed by atoms with Crippen molar-refractivity contribution < 1.29 is 14.3 Å². The number of hydrogen-bond donors (Lipinski definition) is 0. The van der Waals surface area contributed by atoms with Crippen molar-refractivity contribution in [3.05, 3.63) is 35.9 Å². The molecule has 1 aliphatic rings. The Bertz CT molecular complexity index is 442. The van der Waals surface area contributed by atoms with E-state index in [0.717, 1.165) is 5.56 Å². The normalized spacial score (nSPS) is 22.1. The molecule has 0 amide bonds. The number of hydrogen-bond acceptors (Lipinski definition) is 3. The number of benzene rings is 1. The van der Waals surface area contributed by atoms with E-state index in [2.05, 4.69) is 11.8 Å². The van der Waals surface area contributed by atoms with Crippen molar-refractivity contribution >= 4 is 5.97 Å². The van der Waals surface area contributed by atoms with E-state index in [9.17, 15) is 4.79 Å². The van der Waals surface area contributed by atoms with Crippen LogP contribution in [0.25, 0.3) is 0 Å². The van der Waals surface area contributed by atoms with Crippen molar-refractivity contribution in [1.29, 1.82) is 0 Å². The Kier molecular flexibility index (Phi) is 3.79. The van der Waals surface area contributed by atoms with E-state index in [0.29, 0.717) is 13.2 Å². The van der Waals surface area contributed by atoms with Crippen LogP contribution in [0.3, 0.4) is 0 Å². The third-order valence-corrected chi connectivity index (χ3v) is 2.60. The zero-order chi connectivity index (χ0) is 12.1. The predicted molar refractivity (Wildman–Crippen MR) is 62.9 cm³/mol. The Morgan fingerprint density at radius 1 is 1.35 bits per heavy atom. The highest BCUT2D eigenvalue weighted by atomic mass is 16.6. The zero-order valence-electron chi connectivity index (χ0n) is 9.68. The highest BCUT2D eigenvalue weighted by Gasteiger charge is 2.37. The zero-order valence-corrected chi connectivity index (χ0v) is 9.68. The van der Waals surface area contributed by atoms with Crippen LogP contribution in [0.1, 0.15) is 12.5 Å². The third-order valence-electron chi connectivity index (χ3n) is 2.60. The van der Waals surface area contributed by atoms with Gasteiger partial charge in [-0.25, -0.2) is 0 Å². The molecule has 0 spiro atoms. The second-order valence-corrected chi connectivity index (χ2v) is 3.95. The van der Waals surface area contributed by atoms with E-state index in [4.69, 9.17) is 9.47 Å². The molecule has 0 N–H and O–H groups in total. The molecule has 1 heterocycles. The molecule has 88 valence electrons. The minimum absolute atomic E-state index is 0.100. The molecule has 0 aliphatic carbocycles. The molecular formula is C14H14O3. The van der Waals surface area contributed by atoms with Gasteiger partial charge >= 0.3 is 5.97 Å². The fourth-order valence-corrected chi connectivity index (χ4v) is 1.48. The summed E-state index contributed by atoms with van der Waals surface area (Å²) >= 11 is 0. The van der Waals surface area contributed by atoms with Gasteiger partial charge in [-0.2, -0.15) is 0 Å². The van der Waals surface area contributed by atoms with E-state index < -0.39 is 0 Å². The van der Waals surface area contributed by atoms with Gasteiger partial charge in [0.1, 0.15) is 12.5 Å². The van der Waals surface area contributed by atoms with Gasteiger partial charge in [0.05, 0.1) is 6.61 Å². The molecule has 1 aromatic rings. The Labute approximate surface area is 101 Å². The van der Waals surface area contributed by atoms with Crippen molar-refractivity contribution in [3.8, 4) is 11.8 Å². The molecule has 3 nitrogen and oxygen atoms in total. The largest absolute Gasteiger partial charge is 0.448 e. The topological polar surface area (TPSA) is 35.5 Å². The average molecular weight is 230 g/mol. The molecule has 3 heteroatoms. The van der Waals surface area contributed by atoms with Gasteiger partial charge in [0, 0.05) is 0 Å². The van der Waals surface area contributed by atoms with Gasteiger partial charge in [-0.15, -0.1) is 0 Å². The monoisotopic (exact) mass is 230 g/mol. The van der Waals surface area contributed by atoms with Crippen LogP contribution >= 0.6 is 0 Å². The quantitative estimate of drug-likeness (QED) is 0.451. The van der Waals surface area contributed by atoms with Gasteiger partial charge in [0.2, 0.25) is 0 Å². The third kappa shape index (κ3) is 3.08. The van der Waals surface area contributed by atoms with E-state index in [1.54, 1.807) is 0 Å². The Morgan fingerprint density at radius 2 is 2.12 bits per heavy atom. The molecule has 17 heavy (non-hydrogen) atoms. The van der Waals surface area contributed by atoms with Gasteiger partial charge in [-0.3, -0.25) is 4.79 Å². The maximum Gasteiger partial charge on any atom is 0.314 e. The molecule has 0 bridgehead atoms. The number of rotatable bonds is 3. The SMILES string of the molecule is C[C@H]1C(=O)O[C@H]1C#CCOCc1ccccc1. The van der Waals surface area contributed by atoms with E-state index in [1.807, 2.05) is 37.3 Å². The van der Waals surface area contributed by atoms with Crippen molar-refractivity contribution in [2.75, 3.05) is 6.61 Å². The van der Waals surface area contributed by atoms with Crippen LogP contribution in [0, 0.1) is 17.8 Å². The molecule has 0 radical (unpaired) electrons. The van der Waals surface area contributed by atoms with E-state index in [-0.39, 0.29) is 18.0 Å². The fourth-order valence-electron chi connectivity index (χ4n) is 1.48. The molecule has 0 aromatic heterocycles. The lowest BCUT2D eigenvalue weighted by Crippen LogP contribution is -2.42. The molecule has 1 fully saturated rings. The summed E-state index contributed by atoms with van der Waals surface area (Å²) in [5.74, 6) is 5.45. The van der Waals surface area contributed by atoms with Crippen LogP contribution in [-0.4, -0.2) is 18.7 Å². The minimum Gasteiger partial charge on any atom is -0.448 e. The molecular weight excluding hydrogens is 216 g/mol. The summed E-state index contributed by atoms with van der Waals surface area (Å²) in [6.07, 6.45) is -0.247.